The van der Waals surface area contributed by atoms with E-state index in [2.05, 4.69) is 35.4 Å². The molecule has 0 fully saturated rings. The van der Waals surface area contributed by atoms with Crippen LogP contribution in [-0.4, -0.2) is 27.2 Å². The van der Waals surface area contributed by atoms with Gasteiger partial charge in [-0.05, 0) is 37.8 Å². The van der Waals surface area contributed by atoms with Gasteiger partial charge in [0.2, 0.25) is 0 Å². The largest absolute Gasteiger partial charge is 0.313 e. The van der Waals surface area contributed by atoms with E-state index in [1.165, 1.54) is 18.0 Å². The molecule has 0 saturated carbocycles. The van der Waals surface area contributed by atoms with Crippen molar-refractivity contribution in [2.45, 2.75) is 56.2 Å². The summed E-state index contributed by atoms with van der Waals surface area (Å²) >= 11 is 3.33. The molecule has 0 bridgehead atoms. The summed E-state index contributed by atoms with van der Waals surface area (Å²) in [4.78, 5) is 4.39. The van der Waals surface area contributed by atoms with E-state index >= 15 is 0 Å². The quantitative estimate of drug-likeness (QED) is 0.764. The van der Waals surface area contributed by atoms with Gasteiger partial charge in [0.1, 0.15) is 5.82 Å². The van der Waals surface area contributed by atoms with Gasteiger partial charge >= 0.3 is 0 Å². The highest BCUT2D eigenvalue weighted by Crippen LogP contribution is 2.27. The Morgan fingerprint density at radius 3 is 2.69 bits per heavy atom. The van der Waals surface area contributed by atoms with E-state index in [1.54, 1.807) is 0 Å². The molecular formula is C11H21N3S2. The van der Waals surface area contributed by atoms with Crippen LogP contribution in [0.25, 0.3) is 0 Å². The van der Waals surface area contributed by atoms with Gasteiger partial charge in [-0.2, -0.15) is 4.37 Å². The standard InChI is InChI=1S/C11H21N3S2/c1-5-7-12-10(6-2)8(3)15-11-13-9(4)14-16-11/h8,10,12H,5-7H2,1-4H3. The van der Waals surface area contributed by atoms with E-state index in [9.17, 15) is 0 Å². The average Bonchev–Trinajstić information content (AvgIpc) is 2.65. The summed E-state index contributed by atoms with van der Waals surface area (Å²) in [5.41, 5.74) is 0. The van der Waals surface area contributed by atoms with Gasteiger partial charge in [0, 0.05) is 11.3 Å². The number of aryl methyl sites for hydroxylation is 1. The number of rotatable bonds is 7. The van der Waals surface area contributed by atoms with Gasteiger partial charge in [-0.25, -0.2) is 4.98 Å². The van der Waals surface area contributed by atoms with Gasteiger partial charge in [0.25, 0.3) is 0 Å². The van der Waals surface area contributed by atoms with Gasteiger partial charge in [-0.15, -0.1) is 0 Å². The van der Waals surface area contributed by atoms with E-state index in [4.69, 9.17) is 0 Å². The van der Waals surface area contributed by atoms with E-state index < -0.39 is 0 Å². The van der Waals surface area contributed by atoms with Crippen molar-refractivity contribution < 1.29 is 0 Å². The third-order valence-corrected chi connectivity index (χ3v) is 4.57. The predicted octanol–water partition coefficient (Wildman–Crippen LogP) is 3.11. The topological polar surface area (TPSA) is 37.8 Å². The number of nitrogens with one attached hydrogen (secondary N) is 1. The second-order valence-corrected chi connectivity index (χ2v) is 6.28. The van der Waals surface area contributed by atoms with Crippen LogP contribution in [0.15, 0.2) is 4.34 Å². The lowest BCUT2D eigenvalue weighted by Gasteiger charge is -2.22. The van der Waals surface area contributed by atoms with Crippen molar-refractivity contribution in [2.24, 2.45) is 0 Å². The predicted molar refractivity (Wildman–Crippen MR) is 72.3 cm³/mol. The van der Waals surface area contributed by atoms with Crippen molar-refractivity contribution in [1.82, 2.24) is 14.7 Å². The molecule has 1 aromatic heterocycles. The second-order valence-electron chi connectivity index (χ2n) is 3.90. The van der Waals surface area contributed by atoms with Crippen LogP contribution in [0, 0.1) is 6.92 Å². The molecule has 0 aromatic carbocycles. The zero-order chi connectivity index (χ0) is 12.0. The summed E-state index contributed by atoms with van der Waals surface area (Å²) in [5, 5.41) is 4.13. The molecule has 0 saturated heterocycles. The van der Waals surface area contributed by atoms with E-state index in [-0.39, 0.29) is 0 Å². The Hall–Kier alpha value is -0.130. The summed E-state index contributed by atoms with van der Waals surface area (Å²) in [6, 6.07) is 0.564. The van der Waals surface area contributed by atoms with Crippen LogP contribution in [-0.2, 0) is 0 Å². The van der Waals surface area contributed by atoms with Crippen molar-refractivity contribution in [3.8, 4) is 0 Å². The van der Waals surface area contributed by atoms with Gasteiger partial charge in [0.15, 0.2) is 4.34 Å². The van der Waals surface area contributed by atoms with Crippen LogP contribution in [0.1, 0.15) is 39.4 Å². The fourth-order valence-electron chi connectivity index (χ4n) is 1.54. The number of thioether (sulfide) groups is 1. The minimum absolute atomic E-state index is 0.545. The molecule has 1 rings (SSSR count). The summed E-state index contributed by atoms with van der Waals surface area (Å²) in [7, 11) is 0. The Morgan fingerprint density at radius 1 is 1.44 bits per heavy atom. The molecule has 1 N–H and O–H groups in total. The van der Waals surface area contributed by atoms with Crippen LogP contribution in [0.3, 0.4) is 0 Å². The summed E-state index contributed by atoms with van der Waals surface area (Å²) in [6.45, 7) is 9.73. The number of hydrogen-bond donors (Lipinski definition) is 1. The van der Waals surface area contributed by atoms with Crippen LogP contribution in [0.2, 0.25) is 0 Å². The number of hydrogen-bond acceptors (Lipinski definition) is 5. The average molecular weight is 259 g/mol. The summed E-state index contributed by atoms with van der Waals surface area (Å²) < 4.78 is 5.29. The number of nitrogens with zero attached hydrogens (tertiary/aromatic N) is 2. The molecular weight excluding hydrogens is 238 g/mol. The first-order chi connectivity index (χ1) is 7.67. The Bertz CT molecular complexity index is 301. The molecule has 0 amide bonds. The van der Waals surface area contributed by atoms with Gasteiger partial charge < -0.3 is 5.32 Å². The molecule has 1 aromatic rings. The Morgan fingerprint density at radius 2 is 2.19 bits per heavy atom. The minimum atomic E-state index is 0.545. The lowest BCUT2D eigenvalue weighted by molar-refractivity contribution is 0.494. The monoisotopic (exact) mass is 259 g/mol. The Labute approximate surface area is 107 Å². The highest BCUT2D eigenvalue weighted by Gasteiger charge is 2.17. The first-order valence-electron chi connectivity index (χ1n) is 5.87. The van der Waals surface area contributed by atoms with Gasteiger partial charge in [0.05, 0.1) is 0 Å². The maximum Gasteiger partial charge on any atom is 0.170 e. The van der Waals surface area contributed by atoms with E-state index in [0.717, 1.165) is 23.1 Å². The lowest BCUT2D eigenvalue weighted by atomic mass is 10.1. The number of aromatic nitrogens is 2. The second kappa shape index (κ2) is 7.25. The lowest BCUT2D eigenvalue weighted by Crippen LogP contribution is -2.36. The van der Waals surface area contributed by atoms with Crippen molar-refractivity contribution in [3.05, 3.63) is 5.82 Å². The van der Waals surface area contributed by atoms with Crippen LogP contribution < -0.4 is 5.32 Å². The zero-order valence-electron chi connectivity index (χ0n) is 10.5. The molecule has 0 spiro atoms. The molecule has 16 heavy (non-hydrogen) atoms. The molecule has 3 nitrogen and oxygen atoms in total. The van der Waals surface area contributed by atoms with Crippen LogP contribution in [0.5, 0.6) is 0 Å². The molecule has 0 radical (unpaired) electrons. The third kappa shape index (κ3) is 4.39. The first-order valence-corrected chi connectivity index (χ1v) is 7.53. The van der Waals surface area contributed by atoms with Gasteiger partial charge in [-0.1, -0.05) is 32.5 Å². The fraction of sp³-hybridized carbons (Fsp3) is 0.818. The Balaban J connectivity index is 2.45. The van der Waals surface area contributed by atoms with Crippen LogP contribution >= 0.6 is 23.3 Å². The van der Waals surface area contributed by atoms with Crippen molar-refractivity contribution in [3.63, 3.8) is 0 Å². The molecule has 92 valence electrons. The maximum atomic E-state index is 4.39. The molecule has 2 unspecified atom stereocenters. The zero-order valence-corrected chi connectivity index (χ0v) is 12.1. The van der Waals surface area contributed by atoms with Crippen molar-refractivity contribution in [1.29, 1.82) is 0 Å². The molecule has 0 aliphatic rings. The van der Waals surface area contributed by atoms with E-state index in [1.807, 2.05) is 18.7 Å². The molecule has 0 aliphatic carbocycles. The Kier molecular flexibility index (Phi) is 6.31. The van der Waals surface area contributed by atoms with Crippen molar-refractivity contribution in [2.75, 3.05) is 6.54 Å². The molecule has 5 heteroatoms. The highest BCUT2D eigenvalue weighted by atomic mass is 32.2. The maximum absolute atomic E-state index is 4.39. The van der Waals surface area contributed by atoms with Crippen LogP contribution in [0.4, 0.5) is 0 Å². The smallest absolute Gasteiger partial charge is 0.170 e. The molecule has 2 atom stereocenters. The fourth-order valence-corrected chi connectivity index (χ4v) is 3.66. The first kappa shape index (κ1) is 13.9. The minimum Gasteiger partial charge on any atom is -0.313 e. The molecule has 1 heterocycles. The molecule has 0 aliphatic heterocycles. The van der Waals surface area contributed by atoms with E-state index in [0.29, 0.717) is 11.3 Å². The normalized spacial score (nSPS) is 15.0. The third-order valence-electron chi connectivity index (χ3n) is 2.46. The summed E-state index contributed by atoms with van der Waals surface area (Å²) in [6.07, 6.45) is 2.34. The summed E-state index contributed by atoms with van der Waals surface area (Å²) in [5.74, 6) is 0.884. The van der Waals surface area contributed by atoms with Gasteiger partial charge in [-0.3, -0.25) is 0 Å². The highest BCUT2D eigenvalue weighted by molar-refractivity contribution is 8.01. The SMILES string of the molecule is CCCNC(CC)C(C)Sc1nc(C)ns1. The van der Waals surface area contributed by atoms with Crippen molar-refractivity contribution >= 4 is 23.3 Å².